The molecule has 0 bridgehead atoms. The van der Waals surface area contributed by atoms with Gasteiger partial charge in [-0.3, -0.25) is 14.4 Å². The van der Waals surface area contributed by atoms with Crippen LogP contribution < -0.4 is 4.90 Å². The average Bonchev–Trinajstić information content (AvgIpc) is 3.36. The molecule has 0 radical (unpaired) electrons. The van der Waals surface area contributed by atoms with Crippen LogP contribution in [0.2, 0.25) is 0 Å². The molecule has 1 aromatic carbocycles. The van der Waals surface area contributed by atoms with E-state index in [9.17, 15) is 23.9 Å². The van der Waals surface area contributed by atoms with Gasteiger partial charge >= 0.3 is 5.97 Å². The van der Waals surface area contributed by atoms with Gasteiger partial charge in [-0.25, -0.2) is 4.39 Å². The lowest BCUT2D eigenvalue weighted by atomic mass is 10.1. The molecular weight excluding hydrogens is 315 g/mol. The van der Waals surface area contributed by atoms with Gasteiger partial charge in [0.1, 0.15) is 11.2 Å². The molecule has 1 aliphatic carbocycles. The number of aliphatic carboxylic acids is 1. The highest BCUT2D eigenvalue weighted by Gasteiger charge is 2.58. The second-order valence-electron chi connectivity index (χ2n) is 6.39. The molecule has 0 aromatic heterocycles. The van der Waals surface area contributed by atoms with Crippen molar-refractivity contribution in [3.63, 3.8) is 0 Å². The number of piperazine rings is 1. The number of nitrogens with zero attached hydrogens (tertiary/aromatic N) is 2. The maximum atomic E-state index is 14.2. The molecule has 1 saturated heterocycles. The van der Waals surface area contributed by atoms with Crippen molar-refractivity contribution in [2.75, 3.05) is 31.1 Å². The van der Waals surface area contributed by atoms with Crippen LogP contribution in [0.5, 0.6) is 0 Å². The fourth-order valence-corrected chi connectivity index (χ4v) is 3.08. The second-order valence-corrected chi connectivity index (χ2v) is 6.39. The summed E-state index contributed by atoms with van der Waals surface area (Å²) in [4.78, 5) is 38.3. The molecule has 2 aliphatic rings. The Morgan fingerprint density at radius 1 is 1.12 bits per heavy atom. The minimum atomic E-state index is -1.23. The molecule has 3 rings (SSSR count). The zero-order valence-electron chi connectivity index (χ0n) is 13.4. The monoisotopic (exact) mass is 334 g/mol. The third kappa shape index (κ3) is 2.74. The summed E-state index contributed by atoms with van der Waals surface area (Å²) < 4.78 is 14.2. The van der Waals surface area contributed by atoms with Crippen molar-refractivity contribution >= 4 is 23.3 Å². The van der Waals surface area contributed by atoms with Gasteiger partial charge < -0.3 is 14.9 Å². The number of amides is 1. The number of anilines is 1. The summed E-state index contributed by atoms with van der Waals surface area (Å²) >= 11 is 0. The molecule has 7 heteroatoms. The Kier molecular flexibility index (Phi) is 4.03. The summed E-state index contributed by atoms with van der Waals surface area (Å²) in [5.41, 5.74) is -0.509. The van der Waals surface area contributed by atoms with Crippen LogP contribution in [0.15, 0.2) is 18.2 Å². The molecule has 2 fully saturated rings. The average molecular weight is 334 g/mol. The Bertz CT molecular complexity index is 707. The van der Waals surface area contributed by atoms with Gasteiger partial charge in [-0.05, 0) is 38.0 Å². The molecule has 1 heterocycles. The van der Waals surface area contributed by atoms with Gasteiger partial charge in [0, 0.05) is 31.7 Å². The highest BCUT2D eigenvalue weighted by molar-refractivity contribution is 6.04. The molecule has 6 nitrogen and oxygen atoms in total. The Morgan fingerprint density at radius 3 is 2.21 bits per heavy atom. The third-order valence-corrected chi connectivity index (χ3v) is 4.83. The lowest BCUT2D eigenvalue weighted by Crippen LogP contribution is -2.52. The second kappa shape index (κ2) is 5.89. The lowest BCUT2D eigenvalue weighted by molar-refractivity contribution is -0.153. The van der Waals surface area contributed by atoms with E-state index in [0.29, 0.717) is 50.3 Å². The number of carbonyl (C=O) groups is 3. The number of carboxylic acid groups (broad SMARTS) is 1. The number of Topliss-reactive ketones (excluding diaryl/α,β-unsaturated/α-hetero) is 1. The van der Waals surface area contributed by atoms with E-state index in [1.807, 2.05) is 4.90 Å². The highest BCUT2D eigenvalue weighted by Crippen LogP contribution is 2.47. The van der Waals surface area contributed by atoms with E-state index >= 15 is 0 Å². The van der Waals surface area contributed by atoms with Gasteiger partial charge in [0.2, 0.25) is 5.91 Å². The molecule has 1 amide bonds. The van der Waals surface area contributed by atoms with Gasteiger partial charge in [0.15, 0.2) is 5.78 Å². The summed E-state index contributed by atoms with van der Waals surface area (Å²) in [6.45, 7) is 2.97. The summed E-state index contributed by atoms with van der Waals surface area (Å²) in [5.74, 6) is -2.05. The van der Waals surface area contributed by atoms with E-state index < -0.39 is 17.2 Å². The summed E-state index contributed by atoms with van der Waals surface area (Å²) in [6, 6.07) is 4.38. The summed E-state index contributed by atoms with van der Waals surface area (Å²) in [5, 5.41) is 9.21. The predicted molar refractivity (Wildman–Crippen MR) is 84.5 cm³/mol. The van der Waals surface area contributed by atoms with Crippen LogP contribution in [-0.4, -0.2) is 53.8 Å². The molecular formula is C17H19FN2O4. The lowest BCUT2D eigenvalue weighted by Gasteiger charge is -2.37. The molecule has 0 atom stereocenters. The van der Waals surface area contributed by atoms with Crippen molar-refractivity contribution in [1.29, 1.82) is 0 Å². The molecule has 24 heavy (non-hydrogen) atoms. The Hall–Kier alpha value is -2.44. The number of halogens is 1. The molecule has 0 unspecified atom stereocenters. The number of hydrogen-bond donors (Lipinski definition) is 1. The van der Waals surface area contributed by atoms with Crippen LogP contribution in [0, 0.1) is 11.2 Å². The van der Waals surface area contributed by atoms with Crippen LogP contribution >= 0.6 is 0 Å². The van der Waals surface area contributed by atoms with Crippen molar-refractivity contribution in [3.05, 3.63) is 29.6 Å². The van der Waals surface area contributed by atoms with Gasteiger partial charge in [0.25, 0.3) is 0 Å². The molecule has 1 aliphatic heterocycles. The zero-order valence-corrected chi connectivity index (χ0v) is 13.4. The predicted octanol–water partition coefficient (Wildman–Crippen LogP) is 1.54. The van der Waals surface area contributed by atoms with E-state index in [1.54, 1.807) is 17.0 Å². The van der Waals surface area contributed by atoms with Crippen molar-refractivity contribution in [2.24, 2.45) is 5.41 Å². The first-order valence-electron chi connectivity index (χ1n) is 7.93. The largest absolute Gasteiger partial charge is 0.480 e. The van der Waals surface area contributed by atoms with E-state index in [1.165, 1.54) is 13.0 Å². The topological polar surface area (TPSA) is 77.9 Å². The third-order valence-electron chi connectivity index (χ3n) is 4.83. The first-order valence-corrected chi connectivity index (χ1v) is 7.93. The molecule has 0 spiro atoms. The zero-order chi connectivity index (χ0) is 17.5. The van der Waals surface area contributed by atoms with Crippen LogP contribution in [-0.2, 0) is 9.59 Å². The van der Waals surface area contributed by atoms with Gasteiger partial charge in [-0.1, -0.05) is 0 Å². The summed E-state index contributed by atoms with van der Waals surface area (Å²) in [6.07, 6.45) is 0.783. The Morgan fingerprint density at radius 2 is 1.75 bits per heavy atom. The first kappa shape index (κ1) is 16.4. The van der Waals surface area contributed by atoms with Gasteiger partial charge in [0.05, 0.1) is 5.69 Å². The van der Waals surface area contributed by atoms with Crippen LogP contribution in [0.3, 0.4) is 0 Å². The van der Waals surface area contributed by atoms with Crippen LogP contribution in [0.1, 0.15) is 30.1 Å². The van der Waals surface area contributed by atoms with Crippen molar-refractivity contribution < 1.29 is 23.9 Å². The maximum absolute atomic E-state index is 14.2. The number of benzene rings is 1. The minimum Gasteiger partial charge on any atom is -0.480 e. The fraction of sp³-hybridized carbons (Fsp3) is 0.471. The SMILES string of the molecule is CC(=O)c1ccc(N2CCN(C(=O)C3(C(=O)O)CC3)CC2)c(F)c1. The van der Waals surface area contributed by atoms with Crippen molar-refractivity contribution in [2.45, 2.75) is 19.8 Å². The quantitative estimate of drug-likeness (QED) is 0.667. The normalized spacial score (nSPS) is 19.1. The first-order chi connectivity index (χ1) is 11.3. The number of ketones is 1. The molecule has 1 N–H and O–H groups in total. The molecule has 1 aromatic rings. The van der Waals surface area contributed by atoms with E-state index in [-0.39, 0.29) is 11.7 Å². The highest BCUT2D eigenvalue weighted by atomic mass is 19.1. The van der Waals surface area contributed by atoms with Gasteiger partial charge in [-0.15, -0.1) is 0 Å². The minimum absolute atomic E-state index is 0.195. The number of rotatable bonds is 4. The van der Waals surface area contributed by atoms with Crippen molar-refractivity contribution in [1.82, 2.24) is 4.90 Å². The Balaban J connectivity index is 1.66. The number of hydrogen-bond acceptors (Lipinski definition) is 4. The molecule has 128 valence electrons. The van der Waals surface area contributed by atoms with Gasteiger partial charge in [-0.2, -0.15) is 0 Å². The maximum Gasteiger partial charge on any atom is 0.319 e. The number of carbonyl (C=O) groups excluding carboxylic acids is 2. The van der Waals surface area contributed by atoms with Crippen LogP contribution in [0.25, 0.3) is 0 Å². The standard InChI is InChI=1S/C17H19FN2O4/c1-11(21)12-2-3-14(13(18)10-12)19-6-8-20(9-7-19)15(22)17(4-5-17)16(23)24/h2-3,10H,4-9H2,1H3,(H,23,24). The van der Waals surface area contributed by atoms with E-state index in [4.69, 9.17) is 0 Å². The molecule has 1 saturated carbocycles. The van der Waals surface area contributed by atoms with E-state index in [0.717, 1.165) is 0 Å². The summed E-state index contributed by atoms with van der Waals surface area (Å²) in [7, 11) is 0. The Labute approximate surface area is 138 Å². The smallest absolute Gasteiger partial charge is 0.319 e. The van der Waals surface area contributed by atoms with E-state index in [2.05, 4.69) is 0 Å². The number of carboxylic acids is 1. The van der Waals surface area contributed by atoms with Crippen molar-refractivity contribution in [3.8, 4) is 0 Å². The fourth-order valence-electron chi connectivity index (χ4n) is 3.08. The van der Waals surface area contributed by atoms with Crippen LogP contribution in [0.4, 0.5) is 10.1 Å².